The maximum absolute atomic E-state index is 12.9. The van der Waals surface area contributed by atoms with E-state index in [9.17, 15) is 9.50 Å². The molecular formula is C15H22FNO. The SMILES string of the molecule is OC(CNCc1cccc(F)c1)CC1CCCC1. The van der Waals surface area contributed by atoms with Crippen molar-refractivity contribution in [2.45, 2.75) is 44.8 Å². The largest absolute Gasteiger partial charge is 0.392 e. The number of hydrogen-bond acceptors (Lipinski definition) is 2. The highest BCUT2D eigenvalue weighted by Gasteiger charge is 2.18. The van der Waals surface area contributed by atoms with Gasteiger partial charge in [-0.2, -0.15) is 0 Å². The summed E-state index contributed by atoms with van der Waals surface area (Å²) in [6.45, 7) is 1.20. The predicted molar refractivity (Wildman–Crippen MR) is 70.7 cm³/mol. The van der Waals surface area contributed by atoms with E-state index in [1.165, 1.54) is 37.8 Å². The number of benzene rings is 1. The monoisotopic (exact) mass is 251 g/mol. The van der Waals surface area contributed by atoms with Crippen molar-refractivity contribution in [2.24, 2.45) is 5.92 Å². The van der Waals surface area contributed by atoms with Crippen LogP contribution in [0.15, 0.2) is 24.3 Å². The highest BCUT2D eigenvalue weighted by Crippen LogP contribution is 2.28. The molecule has 3 heteroatoms. The molecule has 0 heterocycles. The molecule has 1 aliphatic carbocycles. The van der Waals surface area contributed by atoms with Gasteiger partial charge in [-0.15, -0.1) is 0 Å². The van der Waals surface area contributed by atoms with E-state index in [1.807, 2.05) is 6.07 Å². The summed E-state index contributed by atoms with van der Waals surface area (Å²) in [5.41, 5.74) is 0.920. The molecule has 0 bridgehead atoms. The van der Waals surface area contributed by atoms with E-state index in [1.54, 1.807) is 6.07 Å². The van der Waals surface area contributed by atoms with Crippen LogP contribution in [0.3, 0.4) is 0 Å². The Labute approximate surface area is 108 Å². The number of hydrogen-bond donors (Lipinski definition) is 2. The maximum Gasteiger partial charge on any atom is 0.123 e. The summed E-state index contributed by atoms with van der Waals surface area (Å²) in [7, 11) is 0. The Balaban J connectivity index is 1.65. The zero-order valence-corrected chi connectivity index (χ0v) is 10.7. The topological polar surface area (TPSA) is 32.3 Å². The molecule has 0 aromatic heterocycles. The van der Waals surface area contributed by atoms with Gasteiger partial charge in [-0.25, -0.2) is 4.39 Å². The van der Waals surface area contributed by atoms with Gasteiger partial charge >= 0.3 is 0 Å². The number of rotatable bonds is 6. The first-order chi connectivity index (χ1) is 8.74. The molecule has 0 aliphatic heterocycles. The van der Waals surface area contributed by atoms with E-state index in [2.05, 4.69) is 5.32 Å². The Morgan fingerprint density at radius 3 is 2.83 bits per heavy atom. The van der Waals surface area contributed by atoms with Gasteiger partial charge < -0.3 is 10.4 Å². The van der Waals surface area contributed by atoms with E-state index in [0.29, 0.717) is 19.0 Å². The highest BCUT2D eigenvalue weighted by atomic mass is 19.1. The lowest BCUT2D eigenvalue weighted by Gasteiger charge is -2.16. The Kier molecular flexibility index (Phi) is 5.14. The van der Waals surface area contributed by atoms with Crippen molar-refractivity contribution in [1.29, 1.82) is 0 Å². The molecule has 1 aromatic carbocycles. The molecule has 100 valence electrons. The third-order valence-corrected chi connectivity index (χ3v) is 3.68. The molecule has 1 unspecified atom stereocenters. The van der Waals surface area contributed by atoms with Crippen LogP contribution in [0.25, 0.3) is 0 Å². The Bertz CT molecular complexity index is 363. The predicted octanol–water partition coefficient (Wildman–Crippen LogP) is 2.86. The van der Waals surface area contributed by atoms with Crippen LogP contribution in [-0.4, -0.2) is 17.8 Å². The van der Waals surface area contributed by atoms with Gasteiger partial charge in [0.1, 0.15) is 5.82 Å². The van der Waals surface area contributed by atoms with E-state index in [0.717, 1.165) is 12.0 Å². The molecule has 2 N–H and O–H groups in total. The van der Waals surface area contributed by atoms with Gasteiger partial charge in [0.2, 0.25) is 0 Å². The minimum Gasteiger partial charge on any atom is -0.392 e. The fourth-order valence-corrected chi connectivity index (χ4v) is 2.74. The van der Waals surface area contributed by atoms with Crippen molar-refractivity contribution in [1.82, 2.24) is 5.32 Å². The summed E-state index contributed by atoms with van der Waals surface area (Å²) >= 11 is 0. The van der Waals surface area contributed by atoms with Gasteiger partial charge in [0.15, 0.2) is 0 Å². The number of halogens is 1. The lowest BCUT2D eigenvalue weighted by molar-refractivity contribution is 0.140. The fourth-order valence-electron chi connectivity index (χ4n) is 2.74. The summed E-state index contributed by atoms with van der Waals surface area (Å²) < 4.78 is 12.9. The first-order valence-corrected chi connectivity index (χ1v) is 6.87. The standard InChI is InChI=1S/C15H22FNO/c16-14-7-3-6-13(8-14)10-17-11-15(18)9-12-4-1-2-5-12/h3,6-8,12,15,17-18H,1-2,4-5,9-11H2. The quantitative estimate of drug-likeness (QED) is 0.815. The van der Waals surface area contributed by atoms with Crippen molar-refractivity contribution in [3.63, 3.8) is 0 Å². The van der Waals surface area contributed by atoms with Gasteiger partial charge in [0.25, 0.3) is 0 Å². The van der Waals surface area contributed by atoms with Crippen LogP contribution in [0.4, 0.5) is 4.39 Å². The fraction of sp³-hybridized carbons (Fsp3) is 0.600. The summed E-state index contributed by atoms with van der Waals surface area (Å²) in [5, 5.41) is 13.1. The minimum atomic E-state index is -0.276. The number of nitrogens with one attached hydrogen (secondary N) is 1. The summed E-state index contributed by atoms with van der Waals surface area (Å²) in [5.74, 6) is 0.497. The molecule has 1 aliphatic rings. The molecule has 0 amide bonds. The summed E-state index contributed by atoms with van der Waals surface area (Å²) in [6.07, 6.45) is 5.78. The van der Waals surface area contributed by atoms with Crippen LogP contribution in [0.2, 0.25) is 0 Å². The summed E-state index contributed by atoms with van der Waals surface area (Å²) in [6, 6.07) is 6.57. The molecule has 18 heavy (non-hydrogen) atoms. The molecule has 1 aromatic rings. The van der Waals surface area contributed by atoms with Crippen molar-refractivity contribution >= 4 is 0 Å². The van der Waals surface area contributed by atoms with Crippen molar-refractivity contribution < 1.29 is 9.50 Å². The summed E-state index contributed by atoms with van der Waals surface area (Å²) in [4.78, 5) is 0. The second kappa shape index (κ2) is 6.86. The zero-order valence-electron chi connectivity index (χ0n) is 10.7. The zero-order chi connectivity index (χ0) is 12.8. The average molecular weight is 251 g/mol. The number of aliphatic hydroxyl groups is 1. The highest BCUT2D eigenvalue weighted by molar-refractivity contribution is 5.15. The smallest absolute Gasteiger partial charge is 0.123 e. The van der Waals surface area contributed by atoms with E-state index in [-0.39, 0.29) is 11.9 Å². The normalized spacial score (nSPS) is 18.1. The second-order valence-corrected chi connectivity index (χ2v) is 5.30. The van der Waals surface area contributed by atoms with E-state index < -0.39 is 0 Å². The number of aliphatic hydroxyl groups excluding tert-OH is 1. The lowest BCUT2D eigenvalue weighted by atomic mass is 10.00. The molecule has 1 saturated carbocycles. The van der Waals surface area contributed by atoms with Crippen molar-refractivity contribution in [3.05, 3.63) is 35.6 Å². The molecule has 1 atom stereocenters. The second-order valence-electron chi connectivity index (χ2n) is 5.30. The van der Waals surface area contributed by atoms with Crippen LogP contribution < -0.4 is 5.32 Å². The first kappa shape index (κ1) is 13.5. The Morgan fingerprint density at radius 1 is 1.33 bits per heavy atom. The van der Waals surface area contributed by atoms with Gasteiger partial charge in [0, 0.05) is 13.1 Å². The molecule has 1 fully saturated rings. The van der Waals surface area contributed by atoms with Gasteiger partial charge in [-0.1, -0.05) is 37.8 Å². The first-order valence-electron chi connectivity index (χ1n) is 6.87. The molecule has 0 spiro atoms. The van der Waals surface area contributed by atoms with Gasteiger partial charge in [0.05, 0.1) is 6.10 Å². The third-order valence-electron chi connectivity index (χ3n) is 3.68. The minimum absolute atomic E-state index is 0.208. The van der Waals surface area contributed by atoms with Crippen LogP contribution in [0, 0.1) is 11.7 Å². The Morgan fingerprint density at radius 2 is 2.11 bits per heavy atom. The third kappa shape index (κ3) is 4.39. The van der Waals surface area contributed by atoms with Crippen LogP contribution in [0.5, 0.6) is 0 Å². The van der Waals surface area contributed by atoms with Crippen molar-refractivity contribution in [3.8, 4) is 0 Å². The molecule has 0 saturated heterocycles. The van der Waals surface area contributed by atoms with Crippen molar-refractivity contribution in [2.75, 3.05) is 6.54 Å². The molecular weight excluding hydrogens is 229 g/mol. The van der Waals surface area contributed by atoms with Gasteiger partial charge in [-0.05, 0) is 30.0 Å². The Hall–Kier alpha value is -0.930. The maximum atomic E-state index is 12.9. The van der Waals surface area contributed by atoms with E-state index in [4.69, 9.17) is 0 Å². The molecule has 2 rings (SSSR count). The average Bonchev–Trinajstić information content (AvgIpc) is 2.82. The molecule has 0 radical (unpaired) electrons. The van der Waals surface area contributed by atoms with Crippen LogP contribution in [-0.2, 0) is 6.54 Å². The van der Waals surface area contributed by atoms with Crippen LogP contribution >= 0.6 is 0 Å². The van der Waals surface area contributed by atoms with Crippen LogP contribution in [0.1, 0.15) is 37.7 Å². The lowest BCUT2D eigenvalue weighted by Crippen LogP contribution is -2.27. The molecule has 2 nitrogen and oxygen atoms in total. The van der Waals surface area contributed by atoms with E-state index >= 15 is 0 Å². The van der Waals surface area contributed by atoms with Gasteiger partial charge in [-0.3, -0.25) is 0 Å².